The highest BCUT2D eigenvalue weighted by atomic mass is 16.5. The van der Waals surface area contributed by atoms with Gasteiger partial charge in [-0.1, -0.05) is 30.3 Å². The zero-order valence-electron chi connectivity index (χ0n) is 6.37. The standard InChI is InChI=1S/C9H12O/c1-8(10-2)9-6-4-3-5-7-9/h3-8H,1-2H3. The van der Waals surface area contributed by atoms with Crippen LogP contribution in [0.25, 0.3) is 0 Å². The number of rotatable bonds is 2. The SMILES string of the molecule is COC(C)c1ccccc1. The summed E-state index contributed by atoms with van der Waals surface area (Å²) < 4.78 is 5.14. The van der Waals surface area contributed by atoms with Crippen LogP contribution in [0.5, 0.6) is 0 Å². The largest absolute Gasteiger partial charge is 0.377 e. The average molecular weight is 136 g/mol. The quantitative estimate of drug-likeness (QED) is 0.606. The third kappa shape index (κ3) is 1.58. The van der Waals surface area contributed by atoms with Gasteiger partial charge in [0.15, 0.2) is 0 Å². The molecule has 0 spiro atoms. The van der Waals surface area contributed by atoms with Crippen LogP contribution < -0.4 is 0 Å². The molecule has 1 aromatic carbocycles. The molecule has 1 atom stereocenters. The van der Waals surface area contributed by atoms with E-state index in [2.05, 4.69) is 12.1 Å². The smallest absolute Gasteiger partial charge is 0.0793 e. The fourth-order valence-corrected chi connectivity index (χ4v) is 0.860. The molecule has 1 aromatic rings. The molecule has 0 amide bonds. The second kappa shape index (κ2) is 3.37. The van der Waals surface area contributed by atoms with Crippen molar-refractivity contribution in [1.82, 2.24) is 0 Å². The monoisotopic (exact) mass is 136 g/mol. The normalized spacial score (nSPS) is 13.0. The van der Waals surface area contributed by atoms with E-state index in [4.69, 9.17) is 4.74 Å². The predicted octanol–water partition coefficient (Wildman–Crippen LogP) is 2.39. The molecule has 0 aromatic heterocycles. The van der Waals surface area contributed by atoms with E-state index in [0.29, 0.717) is 0 Å². The Hall–Kier alpha value is -0.820. The van der Waals surface area contributed by atoms with Crippen LogP contribution in [-0.4, -0.2) is 7.11 Å². The molecule has 1 heteroatoms. The molecule has 1 unspecified atom stereocenters. The molecule has 0 saturated carbocycles. The number of benzene rings is 1. The molecule has 0 aliphatic rings. The third-order valence-corrected chi connectivity index (χ3v) is 1.62. The van der Waals surface area contributed by atoms with Crippen molar-refractivity contribution in [2.24, 2.45) is 0 Å². The van der Waals surface area contributed by atoms with Crippen molar-refractivity contribution in [2.45, 2.75) is 13.0 Å². The Bertz CT molecular complexity index is 181. The van der Waals surface area contributed by atoms with Gasteiger partial charge in [-0.05, 0) is 12.5 Å². The number of methoxy groups -OCH3 is 1. The van der Waals surface area contributed by atoms with Gasteiger partial charge in [0.25, 0.3) is 0 Å². The summed E-state index contributed by atoms with van der Waals surface area (Å²) >= 11 is 0. The maximum absolute atomic E-state index is 5.14. The second-order valence-corrected chi connectivity index (χ2v) is 2.29. The minimum Gasteiger partial charge on any atom is -0.377 e. The lowest BCUT2D eigenvalue weighted by Crippen LogP contribution is -1.93. The van der Waals surface area contributed by atoms with Gasteiger partial charge >= 0.3 is 0 Å². The minimum atomic E-state index is 0.209. The minimum absolute atomic E-state index is 0.209. The summed E-state index contributed by atoms with van der Waals surface area (Å²) in [5.74, 6) is 0. The molecule has 0 bridgehead atoms. The first-order valence-corrected chi connectivity index (χ1v) is 3.42. The van der Waals surface area contributed by atoms with Gasteiger partial charge in [-0.2, -0.15) is 0 Å². The summed E-state index contributed by atoms with van der Waals surface area (Å²) in [6.45, 7) is 2.04. The summed E-state index contributed by atoms with van der Waals surface area (Å²) in [6.07, 6.45) is 0.209. The summed E-state index contributed by atoms with van der Waals surface area (Å²) in [7, 11) is 1.72. The van der Waals surface area contributed by atoms with Crippen LogP contribution in [-0.2, 0) is 4.74 Å². The summed E-state index contributed by atoms with van der Waals surface area (Å²) in [6, 6.07) is 10.2. The van der Waals surface area contributed by atoms with E-state index in [0.717, 1.165) is 0 Å². The molecule has 0 fully saturated rings. The molecule has 0 aliphatic carbocycles. The molecule has 10 heavy (non-hydrogen) atoms. The lowest BCUT2D eigenvalue weighted by molar-refractivity contribution is 0.119. The van der Waals surface area contributed by atoms with Gasteiger partial charge in [0.2, 0.25) is 0 Å². The zero-order valence-corrected chi connectivity index (χ0v) is 6.37. The zero-order chi connectivity index (χ0) is 7.40. The molecule has 0 heterocycles. The molecule has 1 rings (SSSR count). The molecule has 0 saturated heterocycles. The van der Waals surface area contributed by atoms with Crippen molar-refractivity contribution < 1.29 is 4.74 Å². The van der Waals surface area contributed by atoms with Crippen molar-refractivity contribution in [3.8, 4) is 0 Å². The number of ether oxygens (including phenoxy) is 1. The Morgan fingerprint density at radius 1 is 1.20 bits per heavy atom. The highest BCUT2D eigenvalue weighted by Gasteiger charge is 1.99. The first-order chi connectivity index (χ1) is 4.84. The fourth-order valence-electron chi connectivity index (χ4n) is 0.860. The molecular formula is C9H12O. The third-order valence-electron chi connectivity index (χ3n) is 1.62. The molecule has 1 nitrogen and oxygen atoms in total. The molecule has 54 valence electrons. The first kappa shape index (κ1) is 7.29. The van der Waals surface area contributed by atoms with Gasteiger partial charge in [-0.15, -0.1) is 0 Å². The van der Waals surface area contributed by atoms with E-state index in [-0.39, 0.29) is 6.10 Å². The highest BCUT2D eigenvalue weighted by Crippen LogP contribution is 2.13. The van der Waals surface area contributed by atoms with Crippen molar-refractivity contribution in [1.29, 1.82) is 0 Å². The van der Waals surface area contributed by atoms with Gasteiger partial charge in [0.1, 0.15) is 0 Å². The molecule has 0 radical (unpaired) electrons. The van der Waals surface area contributed by atoms with Crippen molar-refractivity contribution in [2.75, 3.05) is 7.11 Å². The van der Waals surface area contributed by atoms with Crippen LogP contribution in [0.3, 0.4) is 0 Å². The highest BCUT2D eigenvalue weighted by molar-refractivity contribution is 5.16. The lowest BCUT2D eigenvalue weighted by Gasteiger charge is -2.07. The number of hydrogen-bond acceptors (Lipinski definition) is 1. The topological polar surface area (TPSA) is 9.23 Å². The van der Waals surface area contributed by atoms with Crippen molar-refractivity contribution in [3.05, 3.63) is 35.9 Å². The average Bonchev–Trinajstić information content (AvgIpc) is 2.05. The van der Waals surface area contributed by atoms with Crippen LogP contribution in [0.15, 0.2) is 30.3 Å². The van der Waals surface area contributed by atoms with Crippen molar-refractivity contribution in [3.63, 3.8) is 0 Å². The Balaban J connectivity index is 2.75. The van der Waals surface area contributed by atoms with Gasteiger partial charge in [-0.25, -0.2) is 0 Å². The van der Waals surface area contributed by atoms with Gasteiger partial charge in [0.05, 0.1) is 6.10 Å². The number of hydrogen-bond donors (Lipinski definition) is 0. The molecule has 0 aliphatic heterocycles. The van der Waals surface area contributed by atoms with E-state index >= 15 is 0 Å². The Morgan fingerprint density at radius 2 is 1.80 bits per heavy atom. The summed E-state index contributed by atoms with van der Waals surface area (Å²) in [4.78, 5) is 0. The van der Waals surface area contributed by atoms with Crippen LogP contribution in [0, 0.1) is 0 Å². The van der Waals surface area contributed by atoms with E-state index in [1.54, 1.807) is 7.11 Å². The van der Waals surface area contributed by atoms with Gasteiger partial charge < -0.3 is 4.74 Å². The van der Waals surface area contributed by atoms with Crippen LogP contribution in [0.1, 0.15) is 18.6 Å². The Kier molecular flexibility index (Phi) is 2.46. The predicted molar refractivity (Wildman–Crippen MR) is 41.9 cm³/mol. The maximum Gasteiger partial charge on any atom is 0.0793 e. The lowest BCUT2D eigenvalue weighted by atomic mass is 10.1. The summed E-state index contributed by atoms with van der Waals surface area (Å²) in [5, 5.41) is 0. The molecule has 0 N–H and O–H groups in total. The van der Waals surface area contributed by atoms with Gasteiger partial charge in [-0.3, -0.25) is 0 Å². The van der Waals surface area contributed by atoms with E-state index in [1.807, 2.05) is 25.1 Å². The first-order valence-electron chi connectivity index (χ1n) is 3.42. The van der Waals surface area contributed by atoms with Crippen LogP contribution >= 0.6 is 0 Å². The van der Waals surface area contributed by atoms with Crippen molar-refractivity contribution >= 4 is 0 Å². The Morgan fingerprint density at radius 3 is 2.30 bits per heavy atom. The summed E-state index contributed by atoms with van der Waals surface area (Å²) in [5.41, 5.74) is 1.23. The van der Waals surface area contributed by atoms with Gasteiger partial charge in [0, 0.05) is 7.11 Å². The maximum atomic E-state index is 5.14. The second-order valence-electron chi connectivity index (χ2n) is 2.29. The fraction of sp³-hybridized carbons (Fsp3) is 0.333. The van der Waals surface area contributed by atoms with Crippen LogP contribution in [0.4, 0.5) is 0 Å². The van der Waals surface area contributed by atoms with Crippen LogP contribution in [0.2, 0.25) is 0 Å². The van der Waals surface area contributed by atoms with E-state index < -0.39 is 0 Å². The Labute approximate surface area is 61.6 Å². The van der Waals surface area contributed by atoms with E-state index in [9.17, 15) is 0 Å². The van der Waals surface area contributed by atoms with E-state index in [1.165, 1.54) is 5.56 Å². The molecular weight excluding hydrogens is 124 g/mol.